The highest BCUT2D eigenvalue weighted by Crippen LogP contribution is 2.14. The van der Waals surface area contributed by atoms with Crippen molar-refractivity contribution in [2.45, 2.75) is 26.7 Å². The maximum atomic E-state index is 10.9. The highest BCUT2D eigenvalue weighted by Gasteiger charge is 2.11. The van der Waals surface area contributed by atoms with Crippen LogP contribution < -0.4 is 5.73 Å². The van der Waals surface area contributed by atoms with Gasteiger partial charge in [0.1, 0.15) is 0 Å². The number of rotatable bonds is 1. The van der Waals surface area contributed by atoms with Crippen molar-refractivity contribution < 1.29 is 4.79 Å². The van der Waals surface area contributed by atoms with E-state index >= 15 is 0 Å². The van der Waals surface area contributed by atoms with Gasteiger partial charge in [0, 0.05) is 0 Å². The standard InChI is InChI=1S/C8H13N3O/c1-5(2)7-4-6(3)10-11(7)8(9)12/h4-5H,1-3H3,(H2,9,12). The fourth-order valence-electron chi connectivity index (χ4n) is 1.11. The molecule has 4 heteroatoms. The Labute approximate surface area is 71.4 Å². The van der Waals surface area contributed by atoms with Gasteiger partial charge in [-0.25, -0.2) is 4.79 Å². The summed E-state index contributed by atoms with van der Waals surface area (Å²) in [7, 11) is 0. The molecule has 0 radical (unpaired) electrons. The number of carbonyl (C=O) groups is 1. The van der Waals surface area contributed by atoms with Crippen LogP contribution >= 0.6 is 0 Å². The van der Waals surface area contributed by atoms with E-state index in [0.29, 0.717) is 0 Å². The van der Waals surface area contributed by atoms with E-state index in [1.54, 1.807) is 0 Å². The normalized spacial score (nSPS) is 10.7. The minimum absolute atomic E-state index is 0.263. The summed E-state index contributed by atoms with van der Waals surface area (Å²) in [5, 5.41) is 3.97. The average molecular weight is 167 g/mol. The Morgan fingerprint density at radius 3 is 2.58 bits per heavy atom. The monoisotopic (exact) mass is 167 g/mol. The van der Waals surface area contributed by atoms with E-state index in [0.717, 1.165) is 11.4 Å². The van der Waals surface area contributed by atoms with Crippen molar-refractivity contribution in [3.8, 4) is 0 Å². The van der Waals surface area contributed by atoms with Gasteiger partial charge in [-0.2, -0.15) is 9.78 Å². The molecule has 0 aliphatic rings. The van der Waals surface area contributed by atoms with E-state index in [2.05, 4.69) is 5.10 Å². The third-order valence-corrected chi connectivity index (χ3v) is 1.66. The van der Waals surface area contributed by atoms with Crippen molar-refractivity contribution in [1.29, 1.82) is 0 Å². The largest absolute Gasteiger partial charge is 0.350 e. The van der Waals surface area contributed by atoms with E-state index in [-0.39, 0.29) is 5.92 Å². The Morgan fingerprint density at radius 1 is 1.67 bits per heavy atom. The maximum absolute atomic E-state index is 10.9. The van der Waals surface area contributed by atoms with Gasteiger partial charge in [0.05, 0.1) is 11.4 Å². The molecule has 0 bridgehead atoms. The van der Waals surface area contributed by atoms with E-state index in [1.807, 2.05) is 26.8 Å². The molecule has 0 spiro atoms. The van der Waals surface area contributed by atoms with E-state index in [4.69, 9.17) is 5.73 Å². The number of amides is 1. The summed E-state index contributed by atoms with van der Waals surface area (Å²) in [6.45, 7) is 5.83. The molecule has 1 heterocycles. The molecule has 1 amide bonds. The molecule has 1 rings (SSSR count). The van der Waals surface area contributed by atoms with Gasteiger partial charge < -0.3 is 5.73 Å². The molecule has 12 heavy (non-hydrogen) atoms. The smallest absolute Gasteiger partial charge is 0.339 e. The molecular weight excluding hydrogens is 154 g/mol. The van der Waals surface area contributed by atoms with Crippen LogP contribution in [-0.4, -0.2) is 15.8 Å². The minimum atomic E-state index is -0.521. The summed E-state index contributed by atoms with van der Waals surface area (Å²) in [4.78, 5) is 10.9. The first-order valence-electron chi connectivity index (χ1n) is 3.88. The van der Waals surface area contributed by atoms with Crippen LogP contribution in [0.3, 0.4) is 0 Å². The molecule has 1 aromatic rings. The van der Waals surface area contributed by atoms with Crippen LogP contribution in [-0.2, 0) is 0 Å². The topological polar surface area (TPSA) is 60.9 Å². The molecule has 0 saturated heterocycles. The van der Waals surface area contributed by atoms with E-state index in [9.17, 15) is 4.79 Å². The molecule has 0 aliphatic heterocycles. The SMILES string of the molecule is Cc1cc(C(C)C)n(C(N)=O)n1. The van der Waals surface area contributed by atoms with Crippen LogP contribution in [0.1, 0.15) is 31.2 Å². The number of aromatic nitrogens is 2. The van der Waals surface area contributed by atoms with Gasteiger partial charge in [-0.15, -0.1) is 0 Å². The van der Waals surface area contributed by atoms with Gasteiger partial charge in [0.15, 0.2) is 0 Å². The van der Waals surface area contributed by atoms with Crippen LogP contribution in [0.25, 0.3) is 0 Å². The molecule has 0 aliphatic carbocycles. The van der Waals surface area contributed by atoms with Gasteiger partial charge in [-0.05, 0) is 18.9 Å². The first-order chi connectivity index (χ1) is 5.52. The first kappa shape index (κ1) is 8.77. The predicted octanol–water partition coefficient (Wildman–Crippen LogP) is 1.24. The van der Waals surface area contributed by atoms with Crippen LogP contribution in [0.2, 0.25) is 0 Å². The highest BCUT2D eigenvalue weighted by atomic mass is 16.2. The molecule has 1 aromatic heterocycles. The molecule has 4 nitrogen and oxygen atoms in total. The molecular formula is C8H13N3O. The van der Waals surface area contributed by atoms with E-state index in [1.165, 1.54) is 4.68 Å². The first-order valence-corrected chi connectivity index (χ1v) is 3.88. The fraction of sp³-hybridized carbons (Fsp3) is 0.500. The van der Waals surface area contributed by atoms with Crippen molar-refractivity contribution in [3.05, 3.63) is 17.5 Å². The molecule has 0 saturated carbocycles. The maximum Gasteiger partial charge on any atom is 0.339 e. The summed E-state index contributed by atoms with van der Waals surface area (Å²) >= 11 is 0. The number of carbonyl (C=O) groups excluding carboxylic acids is 1. The lowest BCUT2D eigenvalue weighted by atomic mass is 10.1. The van der Waals surface area contributed by atoms with Crippen LogP contribution in [0.4, 0.5) is 4.79 Å². The average Bonchev–Trinajstić information content (AvgIpc) is 2.31. The number of aryl methyl sites for hydroxylation is 1. The summed E-state index contributed by atoms with van der Waals surface area (Å²) in [5.41, 5.74) is 6.81. The van der Waals surface area contributed by atoms with Crippen LogP contribution in [0.5, 0.6) is 0 Å². The van der Waals surface area contributed by atoms with Crippen molar-refractivity contribution >= 4 is 6.03 Å². The van der Waals surface area contributed by atoms with Crippen molar-refractivity contribution in [2.24, 2.45) is 5.73 Å². The number of primary amides is 1. The fourth-order valence-corrected chi connectivity index (χ4v) is 1.11. The van der Waals surface area contributed by atoms with Crippen molar-refractivity contribution in [2.75, 3.05) is 0 Å². The van der Waals surface area contributed by atoms with Gasteiger partial charge in [0.25, 0.3) is 0 Å². The summed E-state index contributed by atoms with van der Waals surface area (Å²) in [6, 6.07) is 1.35. The summed E-state index contributed by atoms with van der Waals surface area (Å²) < 4.78 is 1.25. The molecule has 0 unspecified atom stereocenters. The molecule has 0 atom stereocenters. The second-order valence-electron chi connectivity index (χ2n) is 3.12. The molecule has 66 valence electrons. The highest BCUT2D eigenvalue weighted by molar-refractivity contribution is 5.74. The van der Waals surface area contributed by atoms with E-state index < -0.39 is 6.03 Å². The lowest BCUT2D eigenvalue weighted by molar-refractivity contribution is 0.246. The summed E-state index contributed by atoms with van der Waals surface area (Å²) in [5.74, 6) is 0.263. The van der Waals surface area contributed by atoms with Gasteiger partial charge in [-0.3, -0.25) is 0 Å². The Kier molecular flexibility index (Phi) is 2.17. The lowest BCUT2D eigenvalue weighted by Gasteiger charge is -2.04. The molecule has 0 fully saturated rings. The zero-order valence-electron chi connectivity index (χ0n) is 7.53. The second kappa shape index (κ2) is 2.97. The number of nitrogens with two attached hydrogens (primary N) is 1. The Balaban J connectivity index is 3.17. The zero-order valence-corrected chi connectivity index (χ0v) is 7.53. The number of hydrogen-bond donors (Lipinski definition) is 1. The number of hydrogen-bond acceptors (Lipinski definition) is 2. The van der Waals surface area contributed by atoms with Crippen molar-refractivity contribution in [3.63, 3.8) is 0 Å². The third kappa shape index (κ3) is 1.47. The van der Waals surface area contributed by atoms with Gasteiger partial charge in [0.2, 0.25) is 0 Å². The van der Waals surface area contributed by atoms with Gasteiger partial charge >= 0.3 is 6.03 Å². The van der Waals surface area contributed by atoms with Crippen molar-refractivity contribution in [1.82, 2.24) is 9.78 Å². The third-order valence-electron chi connectivity index (χ3n) is 1.66. The van der Waals surface area contributed by atoms with Gasteiger partial charge in [-0.1, -0.05) is 13.8 Å². The zero-order chi connectivity index (χ0) is 9.30. The quantitative estimate of drug-likeness (QED) is 0.684. The predicted molar refractivity (Wildman–Crippen MR) is 46.0 cm³/mol. The molecule has 2 N–H and O–H groups in total. The second-order valence-corrected chi connectivity index (χ2v) is 3.12. The Bertz CT molecular complexity index is 301. The summed E-state index contributed by atoms with van der Waals surface area (Å²) in [6.07, 6.45) is 0. The van der Waals surface area contributed by atoms with Crippen LogP contribution in [0.15, 0.2) is 6.07 Å². The molecule has 0 aromatic carbocycles. The van der Waals surface area contributed by atoms with Crippen LogP contribution in [0, 0.1) is 6.92 Å². The lowest BCUT2D eigenvalue weighted by Crippen LogP contribution is -2.23. The Morgan fingerprint density at radius 2 is 2.25 bits per heavy atom. The minimum Gasteiger partial charge on any atom is -0.350 e. The Hall–Kier alpha value is -1.32. The number of nitrogens with zero attached hydrogens (tertiary/aromatic N) is 2.